The Bertz CT molecular complexity index is 818. The average Bonchev–Trinajstić information content (AvgIpc) is 3.08. The highest BCUT2D eigenvalue weighted by atomic mass is 32.1. The van der Waals surface area contributed by atoms with E-state index in [1.54, 1.807) is 25.1 Å². The Morgan fingerprint density at radius 3 is 2.92 bits per heavy atom. The van der Waals surface area contributed by atoms with Crippen molar-refractivity contribution in [3.05, 3.63) is 35.5 Å². The summed E-state index contributed by atoms with van der Waals surface area (Å²) in [5.74, 6) is 0.293. The smallest absolute Gasteiger partial charge is 0.362 e. The van der Waals surface area contributed by atoms with Crippen LogP contribution in [0.15, 0.2) is 24.3 Å². The molecule has 1 aliphatic rings. The molecule has 0 radical (unpaired) electrons. The molecule has 1 aromatic carbocycles. The third-order valence-corrected chi connectivity index (χ3v) is 3.83. The fourth-order valence-corrected chi connectivity index (χ4v) is 2.66. The van der Waals surface area contributed by atoms with Crippen molar-refractivity contribution in [2.45, 2.75) is 6.92 Å². The fourth-order valence-electron chi connectivity index (χ4n) is 2.09. The van der Waals surface area contributed by atoms with Gasteiger partial charge in [0.1, 0.15) is 13.2 Å². The fraction of sp³-hybridized carbons (Fsp3) is 0.250. The van der Waals surface area contributed by atoms with Gasteiger partial charge in [0.05, 0.1) is 6.61 Å². The van der Waals surface area contributed by atoms with Crippen LogP contribution in [0.5, 0.6) is 11.5 Å². The molecular weight excluding hydrogens is 346 g/mol. The zero-order valence-corrected chi connectivity index (χ0v) is 14.2. The summed E-state index contributed by atoms with van der Waals surface area (Å²) >= 11 is 0.908. The van der Waals surface area contributed by atoms with E-state index in [1.807, 2.05) is 6.07 Å². The van der Waals surface area contributed by atoms with Gasteiger partial charge in [0, 0.05) is 17.6 Å². The number of amides is 1. The monoisotopic (exact) mass is 361 g/mol. The maximum Gasteiger partial charge on any atom is 0.362 e. The topological polar surface area (TPSA) is 99.6 Å². The molecule has 2 heterocycles. The van der Waals surface area contributed by atoms with Crippen LogP contribution >= 0.6 is 11.5 Å². The van der Waals surface area contributed by atoms with Gasteiger partial charge in [-0.3, -0.25) is 4.79 Å². The summed E-state index contributed by atoms with van der Waals surface area (Å²) in [5.41, 5.74) is 0.778. The third kappa shape index (κ3) is 4.13. The van der Waals surface area contributed by atoms with Crippen LogP contribution in [0.25, 0.3) is 6.08 Å². The van der Waals surface area contributed by atoms with Crippen LogP contribution in [0.3, 0.4) is 0 Å². The molecule has 0 atom stereocenters. The molecule has 9 heteroatoms. The van der Waals surface area contributed by atoms with Crippen LogP contribution in [0.1, 0.15) is 23.0 Å². The number of rotatable bonds is 5. The second-order valence-electron chi connectivity index (χ2n) is 4.90. The van der Waals surface area contributed by atoms with Crippen LogP contribution in [0, 0.1) is 0 Å². The average molecular weight is 361 g/mol. The molecule has 1 aliphatic heterocycles. The minimum Gasteiger partial charge on any atom is -0.486 e. The van der Waals surface area contributed by atoms with E-state index in [0.717, 1.165) is 17.1 Å². The summed E-state index contributed by atoms with van der Waals surface area (Å²) < 4.78 is 19.5. The van der Waals surface area contributed by atoms with Crippen molar-refractivity contribution in [2.75, 3.05) is 25.1 Å². The summed E-state index contributed by atoms with van der Waals surface area (Å²) in [5, 5.41) is 6.50. The number of carbonyl (C=O) groups excluding carboxylic acids is 2. The number of ether oxygens (including phenoxy) is 3. The normalized spacial score (nSPS) is 12.8. The molecule has 1 aromatic heterocycles. The van der Waals surface area contributed by atoms with Gasteiger partial charge in [-0.1, -0.05) is 10.6 Å². The summed E-state index contributed by atoms with van der Waals surface area (Å²) in [7, 11) is 0. The molecule has 0 saturated carbocycles. The first kappa shape index (κ1) is 16.9. The number of fused-ring (bicyclic) bond motifs is 1. The molecular formula is C16H15N3O5S. The number of anilines is 1. The van der Waals surface area contributed by atoms with Crippen molar-refractivity contribution in [1.82, 2.24) is 9.59 Å². The highest BCUT2D eigenvalue weighted by Crippen LogP contribution is 2.31. The molecule has 0 spiro atoms. The Hall–Kier alpha value is -2.94. The van der Waals surface area contributed by atoms with E-state index in [0.29, 0.717) is 24.7 Å². The van der Waals surface area contributed by atoms with Gasteiger partial charge in [-0.2, -0.15) is 0 Å². The van der Waals surface area contributed by atoms with Crippen molar-refractivity contribution in [3.8, 4) is 11.5 Å². The van der Waals surface area contributed by atoms with Crippen LogP contribution in [-0.2, 0) is 9.53 Å². The summed E-state index contributed by atoms with van der Waals surface area (Å²) in [6, 6.07) is 5.39. The Labute approximate surface area is 147 Å². The van der Waals surface area contributed by atoms with Gasteiger partial charge >= 0.3 is 5.97 Å². The Morgan fingerprint density at radius 2 is 2.12 bits per heavy atom. The van der Waals surface area contributed by atoms with Gasteiger partial charge in [-0.25, -0.2) is 4.79 Å². The molecule has 0 unspecified atom stereocenters. The molecule has 1 amide bonds. The molecule has 0 aliphatic carbocycles. The molecule has 25 heavy (non-hydrogen) atoms. The van der Waals surface area contributed by atoms with E-state index in [2.05, 4.69) is 14.9 Å². The van der Waals surface area contributed by atoms with Crippen LogP contribution in [0.2, 0.25) is 0 Å². The number of nitrogens with zero attached hydrogens (tertiary/aromatic N) is 2. The van der Waals surface area contributed by atoms with Gasteiger partial charge in [0.2, 0.25) is 11.6 Å². The van der Waals surface area contributed by atoms with Gasteiger partial charge in [0.15, 0.2) is 16.5 Å². The van der Waals surface area contributed by atoms with E-state index in [9.17, 15) is 9.59 Å². The number of hydrogen-bond acceptors (Lipinski definition) is 8. The number of nitrogens with one attached hydrogen (secondary N) is 1. The molecule has 0 saturated heterocycles. The first-order chi connectivity index (χ1) is 12.2. The van der Waals surface area contributed by atoms with Crippen molar-refractivity contribution >= 4 is 34.5 Å². The lowest BCUT2D eigenvalue weighted by Crippen LogP contribution is -2.15. The second kappa shape index (κ2) is 7.75. The molecule has 8 nitrogen and oxygen atoms in total. The summed E-state index contributed by atoms with van der Waals surface area (Å²) in [6.45, 7) is 2.92. The zero-order valence-electron chi connectivity index (χ0n) is 13.4. The Balaban J connectivity index is 1.66. The number of benzene rings is 1. The summed E-state index contributed by atoms with van der Waals surface area (Å²) in [4.78, 5) is 23.8. The first-order valence-corrected chi connectivity index (χ1v) is 8.33. The SMILES string of the molecule is CCOC(=O)c1nnsc1NC(=O)/C=C/c1ccc2c(c1)OCCO2. The largest absolute Gasteiger partial charge is 0.486 e. The minimum atomic E-state index is -0.623. The van der Waals surface area contributed by atoms with E-state index in [4.69, 9.17) is 14.2 Å². The van der Waals surface area contributed by atoms with Crippen molar-refractivity contribution in [1.29, 1.82) is 0 Å². The highest BCUT2D eigenvalue weighted by molar-refractivity contribution is 7.10. The lowest BCUT2D eigenvalue weighted by molar-refractivity contribution is -0.111. The van der Waals surface area contributed by atoms with Gasteiger partial charge in [-0.15, -0.1) is 5.10 Å². The number of esters is 1. The molecule has 3 rings (SSSR count). The Morgan fingerprint density at radius 1 is 1.32 bits per heavy atom. The predicted molar refractivity (Wildman–Crippen MR) is 91.0 cm³/mol. The minimum absolute atomic E-state index is 0.00655. The highest BCUT2D eigenvalue weighted by Gasteiger charge is 2.18. The molecule has 2 aromatic rings. The molecule has 1 N–H and O–H groups in total. The maximum atomic E-state index is 12.1. The van der Waals surface area contributed by atoms with Gasteiger partial charge in [-0.05, 0) is 30.7 Å². The standard InChI is InChI=1S/C16H15N3O5S/c1-2-22-16(21)14-15(25-19-18-14)17-13(20)6-4-10-3-5-11-12(9-10)24-8-7-23-11/h3-6,9H,2,7-8H2,1H3,(H,17,20)/b6-4+. The van der Waals surface area contributed by atoms with Crippen molar-refractivity contribution in [3.63, 3.8) is 0 Å². The van der Waals surface area contributed by atoms with E-state index in [1.165, 1.54) is 6.08 Å². The van der Waals surface area contributed by atoms with Crippen LogP contribution < -0.4 is 14.8 Å². The van der Waals surface area contributed by atoms with E-state index >= 15 is 0 Å². The van der Waals surface area contributed by atoms with Gasteiger partial charge in [0.25, 0.3) is 0 Å². The maximum absolute atomic E-state index is 12.1. The third-order valence-electron chi connectivity index (χ3n) is 3.19. The number of aromatic nitrogens is 2. The Kier molecular flexibility index (Phi) is 5.24. The van der Waals surface area contributed by atoms with Crippen molar-refractivity contribution in [2.24, 2.45) is 0 Å². The van der Waals surface area contributed by atoms with Crippen molar-refractivity contribution < 1.29 is 23.8 Å². The number of hydrogen-bond donors (Lipinski definition) is 1. The predicted octanol–water partition coefficient (Wildman–Crippen LogP) is 2.14. The lowest BCUT2D eigenvalue weighted by Gasteiger charge is -2.18. The summed E-state index contributed by atoms with van der Waals surface area (Å²) in [6.07, 6.45) is 2.98. The van der Waals surface area contributed by atoms with E-state index in [-0.39, 0.29) is 17.3 Å². The molecule has 0 fully saturated rings. The second-order valence-corrected chi connectivity index (χ2v) is 5.65. The molecule has 0 bridgehead atoms. The first-order valence-electron chi connectivity index (χ1n) is 7.55. The lowest BCUT2D eigenvalue weighted by atomic mass is 10.2. The quantitative estimate of drug-likeness (QED) is 0.643. The van der Waals surface area contributed by atoms with Crippen LogP contribution in [0.4, 0.5) is 5.00 Å². The van der Waals surface area contributed by atoms with E-state index < -0.39 is 11.9 Å². The van der Waals surface area contributed by atoms with Gasteiger partial charge < -0.3 is 19.5 Å². The van der Waals surface area contributed by atoms with Crippen LogP contribution in [-0.4, -0.2) is 41.3 Å². The molecule has 130 valence electrons. The number of carbonyl (C=O) groups is 2. The zero-order chi connectivity index (χ0) is 17.6.